The summed E-state index contributed by atoms with van der Waals surface area (Å²) < 4.78 is 45.3. The van der Waals surface area contributed by atoms with Gasteiger partial charge in [0, 0.05) is 13.1 Å². The summed E-state index contributed by atoms with van der Waals surface area (Å²) in [4.78, 5) is 25.9. The van der Waals surface area contributed by atoms with Crippen LogP contribution in [0.4, 0.5) is 13.2 Å². The first-order chi connectivity index (χ1) is 13.1. The summed E-state index contributed by atoms with van der Waals surface area (Å²) in [6.07, 6.45) is -2.01. The first-order valence-electron chi connectivity index (χ1n) is 9.34. The molecule has 1 aromatic rings. The van der Waals surface area contributed by atoms with Crippen molar-refractivity contribution in [3.05, 3.63) is 29.3 Å². The Morgan fingerprint density at radius 1 is 1.21 bits per heavy atom. The number of amides is 1. The Hall–Kier alpha value is -2.25. The maximum absolute atomic E-state index is 13.4. The number of hydrogen-bond acceptors (Lipinski definition) is 3. The SMILES string of the molecule is COc1cc(C2(C(=O)N3C[C@@H](C(F)(F)F)[C@H](C(=O)O)C3)CCCC2)ccc1C. The van der Waals surface area contributed by atoms with Gasteiger partial charge in [0.1, 0.15) is 5.75 Å². The maximum atomic E-state index is 13.4. The van der Waals surface area contributed by atoms with Crippen molar-refractivity contribution in [2.24, 2.45) is 11.8 Å². The van der Waals surface area contributed by atoms with Crippen molar-refractivity contribution >= 4 is 11.9 Å². The van der Waals surface area contributed by atoms with Gasteiger partial charge >= 0.3 is 12.1 Å². The summed E-state index contributed by atoms with van der Waals surface area (Å²) in [5.74, 6) is -4.98. The molecule has 1 aliphatic carbocycles. The number of carboxylic acid groups (broad SMARTS) is 1. The number of carbonyl (C=O) groups is 2. The minimum atomic E-state index is -4.66. The Morgan fingerprint density at radius 3 is 2.36 bits per heavy atom. The fourth-order valence-electron chi connectivity index (χ4n) is 4.58. The molecule has 0 aromatic heterocycles. The molecule has 1 aliphatic heterocycles. The van der Waals surface area contributed by atoms with Crippen molar-refractivity contribution < 1.29 is 32.6 Å². The van der Waals surface area contributed by atoms with Crippen LogP contribution in [0, 0.1) is 18.8 Å². The number of likely N-dealkylation sites (tertiary alicyclic amines) is 1. The molecule has 0 bridgehead atoms. The van der Waals surface area contributed by atoms with Crippen LogP contribution < -0.4 is 4.74 Å². The zero-order chi connectivity index (χ0) is 20.7. The number of aliphatic carboxylic acids is 1. The fourth-order valence-corrected chi connectivity index (χ4v) is 4.58. The molecule has 28 heavy (non-hydrogen) atoms. The van der Waals surface area contributed by atoms with E-state index in [1.165, 1.54) is 7.11 Å². The van der Waals surface area contributed by atoms with E-state index in [9.17, 15) is 27.9 Å². The molecule has 8 heteroatoms. The highest BCUT2D eigenvalue weighted by Crippen LogP contribution is 2.46. The number of nitrogens with zero attached hydrogens (tertiary/aromatic N) is 1. The van der Waals surface area contributed by atoms with E-state index < -0.39 is 48.4 Å². The van der Waals surface area contributed by atoms with E-state index in [2.05, 4.69) is 0 Å². The number of aryl methyl sites for hydroxylation is 1. The zero-order valence-electron chi connectivity index (χ0n) is 15.9. The lowest BCUT2D eigenvalue weighted by atomic mass is 9.77. The number of alkyl halides is 3. The van der Waals surface area contributed by atoms with Crippen LogP contribution in [0.5, 0.6) is 5.75 Å². The molecule has 3 rings (SSSR count). The van der Waals surface area contributed by atoms with Crippen LogP contribution in [0.1, 0.15) is 36.8 Å². The maximum Gasteiger partial charge on any atom is 0.394 e. The largest absolute Gasteiger partial charge is 0.496 e. The summed E-state index contributed by atoms with van der Waals surface area (Å²) in [7, 11) is 1.53. The number of carboxylic acids is 1. The minimum absolute atomic E-state index is 0.408. The highest BCUT2D eigenvalue weighted by molar-refractivity contribution is 5.90. The molecule has 0 unspecified atom stereocenters. The van der Waals surface area contributed by atoms with E-state index >= 15 is 0 Å². The van der Waals surface area contributed by atoms with E-state index in [1.54, 1.807) is 6.07 Å². The van der Waals surface area contributed by atoms with E-state index in [-0.39, 0.29) is 0 Å². The quantitative estimate of drug-likeness (QED) is 0.841. The standard InChI is InChI=1S/C20H24F3NO4/c1-12-5-6-13(9-16(12)28-2)19(7-3-4-8-19)18(27)24-10-14(17(25)26)15(11-24)20(21,22)23/h5-6,9,14-15H,3-4,7-8,10-11H2,1-2H3,(H,25,26)/t14-,15-/m1/s1. The average Bonchev–Trinajstić information content (AvgIpc) is 3.29. The highest BCUT2D eigenvalue weighted by Gasteiger charge is 2.56. The second-order valence-electron chi connectivity index (χ2n) is 7.78. The summed E-state index contributed by atoms with van der Waals surface area (Å²) in [6.45, 7) is 0.852. The number of ether oxygens (including phenoxy) is 1. The normalized spacial score (nSPS) is 24.4. The van der Waals surface area contributed by atoms with Crippen LogP contribution in [0.2, 0.25) is 0 Å². The molecule has 1 N–H and O–H groups in total. The number of methoxy groups -OCH3 is 1. The molecular formula is C20H24F3NO4. The Balaban J connectivity index is 1.95. The molecule has 154 valence electrons. The molecule has 5 nitrogen and oxygen atoms in total. The topological polar surface area (TPSA) is 66.8 Å². The number of rotatable bonds is 4. The van der Waals surface area contributed by atoms with Crippen LogP contribution in [0.25, 0.3) is 0 Å². The van der Waals surface area contributed by atoms with Gasteiger partial charge in [0.25, 0.3) is 0 Å². The second kappa shape index (κ2) is 7.29. The first-order valence-corrected chi connectivity index (χ1v) is 9.34. The molecule has 1 heterocycles. The van der Waals surface area contributed by atoms with Crippen molar-refractivity contribution in [3.63, 3.8) is 0 Å². The molecule has 2 atom stereocenters. The van der Waals surface area contributed by atoms with Crippen LogP contribution >= 0.6 is 0 Å². The molecule has 2 aliphatic rings. The number of benzene rings is 1. The summed E-state index contributed by atoms with van der Waals surface area (Å²) in [6, 6.07) is 5.45. The fraction of sp³-hybridized carbons (Fsp3) is 0.600. The van der Waals surface area contributed by atoms with Crippen LogP contribution in [-0.2, 0) is 15.0 Å². The number of halogens is 3. The van der Waals surface area contributed by atoms with Gasteiger partial charge < -0.3 is 14.7 Å². The molecule has 1 aromatic carbocycles. The molecule has 1 saturated heterocycles. The zero-order valence-corrected chi connectivity index (χ0v) is 15.9. The Morgan fingerprint density at radius 2 is 1.86 bits per heavy atom. The number of carbonyl (C=O) groups excluding carboxylic acids is 1. The third-order valence-electron chi connectivity index (χ3n) is 6.17. The number of hydrogen-bond donors (Lipinski definition) is 1. The molecule has 1 saturated carbocycles. The van der Waals surface area contributed by atoms with Crippen molar-refractivity contribution in [1.29, 1.82) is 0 Å². The van der Waals surface area contributed by atoms with Gasteiger partial charge in [0.2, 0.25) is 5.91 Å². The summed E-state index contributed by atoms with van der Waals surface area (Å²) >= 11 is 0. The van der Waals surface area contributed by atoms with E-state index in [0.717, 1.165) is 28.9 Å². The molecule has 2 fully saturated rings. The van der Waals surface area contributed by atoms with E-state index in [0.29, 0.717) is 18.6 Å². The van der Waals surface area contributed by atoms with Gasteiger partial charge in [0.05, 0.1) is 24.4 Å². The summed E-state index contributed by atoms with van der Waals surface area (Å²) in [5, 5.41) is 9.24. The highest BCUT2D eigenvalue weighted by atomic mass is 19.4. The Bertz CT molecular complexity index is 771. The van der Waals surface area contributed by atoms with Gasteiger partial charge in [-0.05, 0) is 37.0 Å². The third-order valence-corrected chi connectivity index (χ3v) is 6.17. The van der Waals surface area contributed by atoms with Gasteiger partial charge in [0.15, 0.2) is 0 Å². The minimum Gasteiger partial charge on any atom is -0.496 e. The predicted molar refractivity (Wildman–Crippen MR) is 95.1 cm³/mol. The lowest BCUT2D eigenvalue weighted by Gasteiger charge is -2.33. The van der Waals surface area contributed by atoms with Crippen molar-refractivity contribution in [2.45, 2.75) is 44.2 Å². The van der Waals surface area contributed by atoms with E-state index in [4.69, 9.17) is 4.74 Å². The smallest absolute Gasteiger partial charge is 0.394 e. The third kappa shape index (κ3) is 3.44. The Labute approximate surface area is 161 Å². The lowest BCUT2D eigenvalue weighted by molar-refractivity contribution is -0.188. The van der Waals surface area contributed by atoms with Crippen molar-refractivity contribution in [1.82, 2.24) is 4.90 Å². The summed E-state index contributed by atoms with van der Waals surface area (Å²) in [5.41, 5.74) is 0.695. The van der Waals surface area contributed by atoms with Gasteiger partial charge in [-0.15, -0.1) is 0 Å². The Kier molecular flexibility index (Phi) is 5.34. The monoisotopic (exact) mass is 399 g/mol. The average molecular weight is 399 g/mol. The van der Waals surface area contributed by atoms with Crippen LogP contribution in [0.15, 0.2) is 18.2 Å². The van der Waals surface area contributed by atoms with Gasteiger partial charge in [-0.25, -0.2) is 0 Å². The molecule has 0 radical (unpaired) electrons. The molecular weight excluding hydrogens is 375 g/mol. The van der Waals surface area contributed by atoms with E-state index in [1.807, 2.05) is 19.1 Å². The van der Waals surface area contributed by atoms with Gasteiger partial charge in [-0.2, -0.15) is 13.2 Å². The second-order valence-corrected chi connectivity index (χ2v) is 7.78. The molecule has 0 spiro atoms. The van der Waals surface area contributed by atoms with Crippen molar-refractivity contribution in [3.8, 4) is 5.75 Å². The van der Waals surface area contributed by atoms with Gasteiger partial charge in [-0.3, -0.25) is 9.59 Å². The van der Waals surface area contributed by atoms with Gasteiger partial charge in [-0.1, -0.05) is 25.0 Å². The molecule has 1 amide bonds. The lowest BCUT2D eigenvalue weighted by Crippen LogP contribution is -2.45. The van der Waals surface area contributed by atoms with Crippen LogP contribution in [-0.4, -0.2) is 48.3 Å². The van der Waals surface area contributed by atoms with Crippen LogP contribution in [0.3, 0.4) is 0 Å². The van der Waals surface area contributed by atoms with Crippen molar-refractivity contribution in [2.75, 3.05) is 20.2 Å². The first kappa shape index (κ1) is 20.5. The predicted octanol–water partition coefficient (Wildman–Crippen LogP) is 3.54.